The Morgan fingerprint density at radius 2 is 2.00 bits per heavy atom. The van der Waals surface area contributed by atoms with Crippen molar-refractivity contribution in [3.8, 4) is 5.75 Å². The number of hydrogen-bond donors (Lipinski definition) is 1. The molecular weight excluding hydrogens is 346 g/mol. The molecule has 0 aromatic heterocycles. The maximum Gasteiger partial charge on any atom is 0.413 e. The summed E-state index contributed by atoms with van der Waals surface area (Å²) in [4.78, 5) is 16.7. The molecule has 1 N–H and O–H groups in total. The number of nitrogens with one attached hydrogen (secondary N) is 1. The van der Waals surface area contributed by atoms with E-state index in [1.54, 1.807) is 7.11 Å². The Bertz CT molecular complexity index is 562. The highest BCUT2D eigenvalue weighted by molar-refractivity contribution is 5.84. The van der Waals surface area contributed by atoms with Crippen molar-refractivity contribution in [1.82, 2.24) is 9.80 Å². The molecule has 1 aromatic carbocycles. The number of amides is 1. The number of nitrogens with zero attached hydrogens (tertiary/aromatic N) is 2. The average Bonchev–Trinajstić information content (AvgIpc) is 2.66. The van der Waals surface area contributed by atoms with Crippen LogP contribution in [0.2, 0.25) is 0 Å². The van der Waals surface area contributed by atoms with Gasteiger partial charge in [0.15, 0.2) is 6.23 Å². The zero-order chi connectivity index (χ0) is 19.5. The van der Waals surface area contributed by atoms with Gasteiger partial charge in [-0.25, -0.2) is 4.79 Å². The SMILES string of the molecule is CCCCCOc1cccc(NC(=O)OC(COC)N2CCN(C)CC2)c1. The van der Waals surface area contributed by atoms with Crippen LogP contribution in [0.3, 0.4) is 0 Å². The molecule has 2 rings (SSSR count). The maximum atomic E-state index is 12.3. The molecule has 0 bridgehead atoms. The predicted molar refractivity (Wildman–Crippen MR) is 106 cm³/mol. The van der Waals surface area contributed by atoms with Crippen molar-refractivity contribution in [2.75, 3.05) is 58.9 Å². The zero-order valence-electron chi connectivity index (χ0n) is 16.8. The third-order valence-corrected chi connectivity index (χ3v) is 4.59. The number of carbonyl (C=O) groups excluding carboxylic acids is 1. The molecule has 1 heterocycles. The molecule has 7 nitrogen and oxygen atoms in total. The number of piperazine rings is 1. The molecule has 0 radical (unpaired) electrons. The summed E-state index contributed by atoms with van der Waals surface area (Å²) in [5, 5.41) is 2.79. The van der Waals surface area contributed by atoms with Crippen LogP contribution in [0.25, 0.3) is 0 Å². The Balaban J connectivity index is 1.85. The number of benzene rings is 1. The van der Waals surface area contributed by atoms with Crippen LogP contribution in [-0.4, -0.2) is 75.7 Å². The molecule has 1 aromatic rings. The Labute approximate surface area is 162 Å². The number of likely N-dealkylation sites (N-methyl/N-ethyl adjacent to an activating group) is 1. The second-order valence-electron chi connectivity index (χ2n) is 6.86. The summed E-state index contributed by atoms with van der Waals surface area (Å²) in [6.07, 6.45) is 2.46. The van der Waals surface area contributed by atoms with Crippen LogP contribution < -0.4 is 10.1 Å². The first kappa shape index (κ1) is 21.5. The summed E-state index contributed by atoms with van der Waals surface area (Å²) in [5.74, 6) is 0.747. The van der Waals surface area contributed by atoms with Gasteiger partial charge in [0.05, 0.1) is 13.2 Å². The Kier molecular flexibility index (Phi) is 9.38. The van der Waals surface area contributed by atoms with Gasteiger partial charge in [0.25, 0.3) is 0 Å². The van der Waals surface area contributed by atoms with Gasteiger partial charge in [0.1, 0.15) is 5.75 Å². The molecule has 0 aliphatic carbocycles. The smallest absolute Gasteiger partial charge is 0.413 e. The van der Waals surface area contributed by atoms with Crippen molar-refractivity contribution in [3.63, 3.8) is 0 Å². The molecule has 152 valence electrons. The quantitative estimate of drug-likeness (QED) is 0.631. The van der Waals surface area contributed by atoms with Gasteiger partial charge in [0.2, 0.25) is 0 Å². The van der Waals surface area contributed by atoms with Gasteiger partial charge in [-0.2, -0.15) is 0 Å². The summed E-state index contributed by atoms with van der Waals surface area (Å²) in [6.45, 7) is 6.77. The van der Waals surface area contributed by atoms with Gasteiger partial charge >= 0.3 is 6.09 Å². The van der Waals surface area contributed by atoms with Crippen LogP contribution in [0, 0.1) is 0 Å². The minimum atomic E-state index is -0.487. The van der Waals surface area contributed by atoms with E-state index >= 15 is 0 Å². The van der Waals surface area contributed by atoms with E-state index < -0.39 is 12.3 Å². The summed E-state index contributed by atoms with van der Waals surface area (Å²) in [7, 11) is 3.71. The highest BCUT2D eigenvalue weighted by Crippen LogP contribution is 2.18. The van der Waals surface area contributed by atoms with Crippen LogP contribution >= 0.6 is 0 Å². The number of rotatable bonds is 10. The van der Waals surface area contributed by atoms with Gasteiger partial charge in [-0.05, 0) is 25.6 Å². The van der Waals surface area contributed by atoms with Crippen LogP contribution in [0.4, 0.5) is 10.5 Å². The van der Waals surface area contributed by atoms with Crippen molar-refractivity contribution < 1.29 is 19.0 Å². The second-order valence-corrected chi connectivity index (χ2v) is 6.86. The summed E-state index contributed by atoms with van der Waals surface area (Å²) in [6, 6.07) is 7.38. The molecule has 1 aliphatic rings. The van der Waals surface area contributed by atoms with E-state index in [2.05, 4.69) is 29.1 Å². The van der Waals surface area contributed by atoms with Gasteiger partial charge < -0.3 is 19.1 Å². The second kappa shape index (κ2) is 11.8. The van der Waals surface area contributed by atoms with Gasteiger partial charge in [-0.15, -0.1) is 0 Å². The molecule has 1 atom stereocenters. The zero-order valence-corrected chi connectivity index (χ0v) is 16.8. The van der Waals surface area contributed by atoms with Crippen molar-refractivity contribution in [2.24, 2.45) is 0 Å². The summed E-state index contributed by atoms with van der Waals surface area (Å²) < 4.78 is 16.6. The first-order chi connectivity index (χ1) is 13.1. The first-order valence-electron chi connectivity index (χ1n) is 9.74. The molecule has 1 unspecified atom stereocenters. The Morgan fingerprint density at radius 3 is 2.70 bits per heavy atom. The minimum Gasteiger partial charge on any atom is -0.494 e. The van der Waals surface area contributed by atoms with Crippen LogP contribution in [0.1, 0.15) is 26.2 Å². The molecule has 1 aliphatic heterocycles. The molecule has 1 saturated heterocycles. The first-order valence-corrected chi connectivity index (χ1v) is 9.74. The number of ether oxygens (including phenoxy) is 3. The van der Waals surface area contributed by atoms with Crippen LogP contribution in [0.5, 0.6) is 5.75 Å². The van der Waals surface area contributed by atoms with E-state index in [0.29, 0.717) is 18.9 Å². The fourth-order valence-electron chi connectivity index (χ4n) is 2.94. The standard InChI is InChI=1S/C20H33N3O4/c1-4-5-6-14-26-18-9-7-8-17(15-18)21-20(24)27-19(16-25-3)23-12-10-22(2)11-13-23/h7-9,15,19H,4-6,10-14,16H2,1-3H3,(H,21,24). The van der Waals surface area contributed by atoms with Crippen LogP contribution in [-0.2, 0) is 9.47 Å². The number of methoxy groups -OCH3 is 1. The third-order valence-electron chi connectivity index (χ3n) is 4.59. The lowest BCUT2D eigenvalue weighted by Gasteiger charge is -2.36. The lowest BCUT2D eigenvalue weighted by molar-refractivity contribution is -0.0658. The van der Waals surface area contributed by atoms with Crippen molar-refractivity contribution in [1.29, 1.82) is 0 Å². The highest BCUT2D eigenvalue weighted by Gasteiger charge is 2.25. The Hall–Kier alpha value is -1.83. The van der Waals surface area contributed by atoms with Crippen molar-refractivity contribution >= 4 is 11.8 Å². The van der Waals surface area contributed by atoms with E-state index in [1.165, 1.54) is 0 Å². The molecule has 27 heavy (non-hydrogen) atoms. The molecule has 0 spiro atoms. The normalized spacial score (nSPS) is 16.7. The van der Waals surface area contributed by atoms with E-state index in [4.69, 9.17) is 14.2 Å². The van der Waals surface area contributed by atoms with Gasteiger partial charge in [0, 0.05) is 45.0 Å². The Morgan fingerprint density at radius 1 is 1.22 bits per heavy atom. The largest absolute Gasteiger partial charge is 0.494 e. The van der Waals surface area contributed by atoms with E-state index in [9.17, 15) is 4.79 Å². The fourth-order valence-corrected chi connectivity index (χ4v) is 2.94. The van der Waals surface area contributed by atoms with Crippen molar-refractivity contribution in [2.45, 2.75) is 32.4 Å². The predicted octanol–water partition coefficient (Wildman–Crippen LogP) is 3.02. The third kappa shape index (κ3) is 7.74. The number of anilines is 1. The summed E-state index contributed by atoms with van der Waals surface area (Å²) in [5.41, 5.74) is 0.655. The number of hydrogen-bond acceptors (Lipinski definition) is 6. The monoisotopic (exact) mass is 379 g/mol. The maximum absolute atomic E-state index is 12.3. The molecule has 1 fully saturated rings. The lowest BCUT2D eigenvalue weighted by atomic mass is 10.2. The molecule has 0 saturated carbocycles. The average molecular weight is 380 g/mol. The van der Waals surface area contributed by atoms with Crippen LogP contribution in [0.15, 0.2) is 24.3 Å². The topological polar surface area (TPSA) is 63.3 Å². The molecular formula is C20H33N3O4. The van der Waals surface area contributed by atoms with Gasteiger partial charge in [-0.3, -0.25) is 10.2 Å². The number of unbranched alkanes of at least 4 members (excludes halogenated alkanes) is 2. The summed E-state index contributed by atoms with van der Waals surface area (Å²) >= 11 is 0. The highest BCUT2D eigenvalue weighted by atomic mass is 16.6. The fraction of sp³-hybridized carbons (Fsp3) is 0.650. The molecule has 1 amide bonds. The van der Waals surface area contributed by atoms with E-state index in [-0.39, 0.29) is 0 Å². The minimum absolute atomic E-state index is 0.345. The van der Waals surface area contributed by atoms with Crippen molar-refractivity contribution in [3.05, 3.63) is 24.3 Å². The lowest BCUT2D eigenvalue weighted by Crippen LogP contribution is -2.52. The van der Waals surface area contributed by atoms with E-state index in [1.807, 2.05) is 24.3 Å². The van der Waals surface area contributed by atoms with E-state index in [0.717, 1.165) is 51.2 Å². The van der Waals surface area contributed by atoms with Gasteiger partial charge in [-0.1, -0.05) is 25.8 Å². The number of carbonyl (C=O) groups is 1. The molecule has 7 heteroatoms.